The van der Waals surface area contributed by atoms with Crippen LogP contribution in [0.1, 0.15) is 69.4 Å². The summed E-state index contributed by atoms with van der Waals surface area (Å²) in [6.45, 7) is 5.15. The third-order valence-electron chi connectivity index (χ3n) is 8.09. The first-order chi connectivity index (χ1) is 18.1. The number of esters is 1. The average molecular weight is 511 g/mol. The van der Waals surface area contributed by atoms with Gasteiger partial charge in [0.05, 0.1) is 5.92 Å². The molecule has 0 unspecified atom stereocenters. The van der Waals surface area contributed by atoms with Crippen LogP contribution in [0.4, 0.5) is 0 Å². The Kier molecular flexibility index (Phi) is 10.2. The van der Waals surface area contributed by atoms with Crippen LogP contribution in [0.15, 0.2) is 30.5 Å². The van der Waals surface area contributed by atoms with E-state index in [0.717, 1.165) is 13.0 Å². The molecule has 0 radical (unpaired) electrons. The highest BCUT2D eigenvalue weighted by Crippen LogP contribution is 2.42. The maximum absolute atomic E-state index is 13.3. The zero-order chi connectivity index (χ0) is 26.2. The van der Waals surface area contributed by atoms with Crippen molar-refractivity contribution in [3.05, 3.63) is 41.6 Å². The van der Waals surface area contributed by atoms with Crippen LogP contribution < -0.4 is 0 Å². The molecule has 6 nitrogen and oxygen atoms in total. The van der Waals surface area contributed by atoms with Crippen molar-refractivity contribution in [2.75, 3.05) is 41.0 Å². The van der Waals surface area contributed by atoms with E-state index >= 15 is 0 Å². The van der Waals surface area contributed by atoms with Crippen LogP contribution in [0.3, 0.4) is 0 Å². The largest absolute Gasteiger partial charge is 0.462 e. The van der Waals surface area contributed by atoms with Crippen LogP contribution in [0.5, 0.6) is 0 Å². The molecule has 1 aromatic heterocycles. The Morgan fingerprint density at radius 3 is 2.51 bits per heavy atom. The van der Waals surface area contributed by atoms with E-state index in [1.54, 1.807) is 14.2 Å². The van der Waals surface area contributed by atoms with E-state index < -0.39 is 0 Å². The number of carbonyl (C=O) groups is 1. The fraction of sp³-hybridized carbons (Fsp3) is 0.645. The van der Waals surface area contributed by atoms with Crippen molar-refractivity contribution in [1.29, 1.82) is 0 Å². The number of fused-ring (bicyclic) bond motifs is 2. The van der Waals surface area contributed by atoms with Gasteiger partial charge in [0.25, 0.3) is 0 Å². The van der Waals surface area contributed by atoms with E-state index in [0.29, 0.717) is 38.6 Å². The molecule has 6 heteroatoms. The second-order valence-corrected chi connectivity index (χ2v) is 10.8. The maximum Gasteiger partial charge on any atom is 0.314 e. The topological polar surface area (TPSA) is 52.9 Å². The molecule has 0 N–H and O–H groups in total. The van der Waals surface area contributed by atoms with E-state index in [9.17, 15) is 4.79 Å². The number of hydrogen-bond donors (Lipinski definition) is 0. The highest BCUT2D eigenvalue weighted by molar-refractivity contribution is 5.99. The fourth-order valence-corrected chi connectivity index (χ4v) is 6.04. The zero-order valence-corrected chi connectivity index (χ0v) is 23.3. The van der Waals surface area contributed by atoms with Crippen molar-refractivity contribution in [3.63, 3.8) is 0 Å². The predicted octanol–water partition coefficient (Wildman–Crippen LogP) is 5.86. The number of methoxy groups -OCH3 is 2. The maximum atomic E-state index is 13.3. The van der Waals surface area contributed by atoms with Crippen LogP contribution in [-0.4, -0.2) is 68.6 Å². The Balaban J connectivity index is 1.52. The first-order valence-electron chi connectivity index (χ1n) is 14.3. The molecule has 0 amide bonds. The Hall–Kier alpha value is -2.15. The summed E-state index contributed by atoms with van der Waals surface area (Å²) in [5.41, 5.74) is 5.32. The summed E-state index contributed by atoms with van der Waals surface area (Å²) in [6.07, 6.45) is 14.6. The number of benzene rings is 1. The predicted molar refractivity (Wildman–Crippen MR) is 150 cm³/mol. The van der Waals surface area contributed by atoms with E-state index in [1.807, 2.05) is 0 Å². The quantitative estimate of drug-likeness (QED) is 0.222. The molecule has 1 aromatic carbocycles. The lowest BCUT2D eigenvalue weighted by Gasteiger charge is -2.39. The molecule has 0 fully saturated rings. The second kappa shape index (κ2) is 13.6. The monoisotopic (exact) mass is 510 g/mol. The molecule has 4 rings (SSSR count). The molecule has 0 spiro atoms. The van der Waals surface area contributed by atoms with Gasteiger partial charge in [-0.2, -0.15) is 0 Å². The molecule has 0 saturated heterocycles. The van der Waals surface area contributed by atoms with Crippen molar-refractivity contribution >= 4 is 22.4 Å². The van der Waals surface area contributed by atoms with Crippen LogP contribution in [0.25, 0.3) is 16.5 Å². The molecular weight excluding hydrogens is 464 g/mol. The minimum absolute atomic E-state index is 0.145. The molecule has 1 aliphatic carbocycles. The number of aryl methyl sites for hydroxylation is 1. The summed E-state index contributed by atoms with van der Waals surface area (Å²) in [5, 5.41) is 1.37. The Morgan fingerprint density at radius 2 is 1.78 bits per heavy atom. The van der Waals surface area contributed by atoms with Gasteiger partial charge in [-0.3, -0.25) is 9.69 Å². The van der Waals surface area contributed by atoms with Crippen molar-refractivity contribution < 1.29 is 19.0 Å². The first kappa shape index (κ1) is 27.9. The van der Waals surface area contributed by atoms with Crippen LogP contribution in [-0.2, 0) is 32.0 Å². The summed E-state index contributed by atoms with van der Waals surface area (Å²) in [6, 6.07) is 6.97. The zero-order valence-electron chi connectivity index (χ0n) is 23.3. The summed E-state index contributed by atoms with van der Waals surface area (Å²) < 4.78 is 18.9. The van der Waals surface area contributed by atoms with E-state index in [-0.39, 0.29) is 18.0 Å². The number of unbranched alkanes of at least 4 members (excludes halogenated alkanes) is 5. The number of nitrogens with zero attached hydrogens (tertiary/aromatic N) is 2. The van der Waals surface area contributed by atoms with Crippen LogP contribution in [0.2, 0.25) is 0 Å². The summed E-state index contributed by atoms with van der Waals surface area (Å²) in [4.78, 5) is 15.6. The number of carbonyl (C=O) groups excluding carboxylic acids is 1. The lowest BCUT2D eigenvalue weighted by molar-refractivity contribution is -0.154. The SMILES string of the molecule is CCCCCCCCn1cc2c3c(cccc31)C1=C[C@@H](C(=O)OC(CCOC)CCOC)CN(C)[C@@H]1C2. The third kappa shape index (κ3) is 6.65. The minimum atomic E-state index is -0.272. The molecule has 1 aliphatic heterocycles. The Labute approximate surface area is 222 Å². The number of ether oxygens (including phenoxy) is 3. The highest BCUT2D eigenvalue weighted by Gasteiger charge is 2.37. The number of hydrogen-bond acceptors (Lipinski definition) is 5. The smallest absolute Gasteiger partial charge is 0.314 e. The average Bonchev–Trinajstić information content (AvgIpc) is 3.26. The van der Waals surface area contributed by atoms with E-state index in [4.69, 9.17) is 14.2 Å². The first-order valence-corrected chi connectivity index (χ1v) is 14.3. The third-order valence-corrected chi connectivity index (χ3v) is 8.09. The molecule has 2 aromatic rings. The van der Waals surface area contributed by atoms with Gasteiger partial charge in [-0.25, -0.2) is 0 Å². The molecular formula is C31H46N2O4. The lowest BCUT2D eigenvalue weighted by atomic mass is 9.80. The molecule has 0 saturated carbocycles. The van der Waals surface area contributed by atoms with Gasteiger partial charge in [-0.15, -0.1) is 0 Å². The highest BCUT2D eigenvalue weighted by atomic mass is 16.5. The van der Waals surface area contributed by atoms with Crippen molar-refractivity contribution in [2.24, 2.45) is 5.92 Å². The number of likely N-dealkylation sites (N-methyl/N-ethyl adjacent to an activating group) is 1. The van der Waals surface area contributed by atoms with E-state index in [1.165, 1.54) is 66.1 Å². The van der Waals surface area contributed by atoms with Gasteiger partial charge < -0.3 is 18.8 Å². The summed E-state index contributed by atoms with van der Waals surface area (Å²) in [7, 11) is 5.49. The van der Waals surface area contributed by atoms with Crippen molar-refractivity contribution in [1.82, 2.24) is 9.47 Å². The number of aromatic nitrogens is 1. The minimum Gasteiger partial charge on any atom is -0.462 e. The van der Waals surface area contributed by atoms with E-state index in [2.05, 4.69) is 53.9 Å². The van der Waals surface area contributed by atoms with Crippen molar-refractivity contribution in [2.45, 2.75) is 83.4 Å². The Morgan fingerprint density at radius 1 is 1.05 bits per heavy atom. The van der Waals surface area contributed by atoms with Gasteiger partial charge >= 0.3 is 5.97 Å². The molecule has 204 valence electrons. The fourth-order valence-electron chi connectivity index (χ4n) is 6.04. The van der Waals surface area contributed by atoms with Gasteiger partial charge in [-0.1, -0.05) is 57.2 Å². The standard InChI is InChI=1S/C31H46N2O4/c1-5-6-7-8-9-10-16-33-22-23-20-29-27(26-12-11-13-28(33)30(23)26)19-24(21-32(29)2)31(34)37-25(14-17-35-3)15-18-36-4/h11-13,19,22,24-25,29H,5-10,14-18,20-21H2,1-4H3/t24-,29-/m1/s1. The Bertz CT molecular complexity index is 1050. The van der Waals surface area contributed by atoms with Crippen molar-refractivity contribution in [3.8, 4) is 0 Å². The van der Waals surface area contributed by atoms with Gasteiger partial charge in [0.1, 0.15) is 6.10 Å². The van der Waals surface area contributed by atoms with Crippen LogP contribution in [0, 0.1) is 5.92 Å². The molecule has 2 atom stereocenters. The lowest BCUT2D eigenvalue weighted by Crippen LogP contribution is -2.45. The summed E-state index contributed by atoms with van der Waals surface area (Å²) >= 11 is 0. The number of rotatable bonds is 15. The van der Waals surface area contributed by atoms with Gasteiger partial charge in [0, 0.05) is 76.5 Å². The summed E-state index contributed by atoms with van der Waals surface area (Å²) in [5.74, 6) is -0.417. The molecule has 0 bridgehead atoms. The molecule has 37 heavy (non-hydrogen) atoms. The van der Waals surface area contributed by atoms with Gasteiger partial charge in [0.2, 0.25) is 0 Å². The second-order valence-electron chi connectivity index (χ2n) is 10.8. The molecule has 2 aliphatic rings. The van der Waals surface area contributed by atoms with Gasteiger partial charge in [0.15, 0.2) is 0 Å². The normalized spacial score (nSPS) is 19.3. The molecule has 2 heterocycles. The van der Waals surface area contributed by atoms with Gasteiger partial charge in [-0.05, 0) is 42.7 Å². The van der Waals surface area contributed by atoms with Crippen LogP contribution >= 0.6 is 0 Å².